The van der Waals surface area contributed by atoms with Crippen molar-refractivity contribution in [3.8, 4) is 0 Å². The van der Waals surface area contributed by atoms with E-state index in [1.54, 1.807) is 6.20 Å². The molecule has 2 aromatic heterocycles. The standard InChI is InChI=1S/C11H14N4/c1-2-15-9-10(8-14-15)7-13-11-5-3-4-6-12-11/h3-6,8-9H,2,7H2,1H3,(H,12,13). The lowest BCUT2D eigenvalue weighted by Gasteiger charge is -2.01. The lowest BCUT2D eigenvalue weighted by molar-refractivity contribution is 0.659. The second kappa shape index (κ2) is 4.59. The van der Waals surface area contributed by atoms with E-state index in [2.05, 4.69) is 22.3 Å². The Bertz CT molecular complexity index is 408. The maximum Gasteiger partial charge on any atom is 0.126 e. The minimum absolute atomic E-state index is 0.761. The summed E-state index contributed by atoms with van der Waals surface area (Å²) < 4.78 is 1.91. The molecule has 0 aliphatic carbocycles. The summed E-state index contributed by atoms with van der Waals surface area (Å²) in [6.07, 6.45) is 5.69. The molecule has 4 heteroatoms. The normalized spacial score (nSPS) is 10.2. The maximum absolute atomic E-state index is 4.20. The van der Waals surface area contributed by atoms with Crippen LogP contribution >= 0.6 is 0 Å². The average molecular weight is 202 g/mol. The van der Waals surface area contributed by atoms with Crippen LogP contribution in [0.5, 0.6) is 0 Å². The van der Waals surface area contributed by atoms with Crippen LogP contribution in [0.4, 0.5) is 5.82 Å². The fourth-order valence-electron chi connectivity index (χ4n) is 1.33. The van der Waals surface area contributed by atoms with Crippen LogP contribution in [-0.4, -0.2) is 14.8 Å². The number of nitrogens with one attached hydrogen (secondary N) is 1. The van der Waals surface area contributed by atoms with Crippen molar-refractivity contribution in [3.05, 3.63) is 42.4 Å². The van der Waals surface area contributed by atoms with Crippen molar-refractivity contribution in [2.45, 2.75) is 20.0 Å². The summed E-state index contributed by atoms with van der Waals surface area (Å²) in [4.78, 5) is 4.18. The molecule has 0 fully saturated rings. The Morgan fingerprint density at radius 1 is 1.40 bits per heavy atom. The first kappa shape index (κ1) is 9.71. The van der Waals surface area contributed by atoms with Crippen LogP contribution < -0.4 is 5.32 Å². The van der Waals surface area contributed by atoms with E-state index >= 15 is 0 Å². The van der Waals surface area contributed by atoms with Crippen molar-refractivity contribution in [2.75, 3.05) is 5.32 Å². The average Bonchev–Trinajstić information content (AvgIpc) is 2.76. The zero-order valence-corrected chi connectivity index (χ0v) is 8.72. The number of rotatable bonds is 4. The Hall–Kier alpha value is -1.84. The number of aryl methyl sites for hydroxylation is 1. The zero-order chi connectivity index (χ0) is 10.5. The second-order valence-electron chi connectivity index (χ2n) is 3.27. The molecule has 0 spiro atoms. The topological polar surface area (TPSA) is 42.7 Å². The van der Waals surface area contributed by atoms with Gasteiger partial charge in [-0.3, -0.25) is 4.68 Å². The fraction of sp³-hybridized carbons (Fsp3) is 0.273. The quantitative estimate of drug-likeness (QED) is 0.823. The second-order valence-corrected chi connectivity index (χ2v) is 3.27. The summed E-state index contributed by atoms with van der Waals surface area (Å²) in [6, 6.07) is 5.81. The van der Waals surface area contributed by atoms with E-state index in [4.69, 9.17) is 0 Å². The van der Waals surface area contributed by atoms with Crippen LogP contribution in [0.25, 0.3) is 0 Å². The molecular weight excluding hydrogens is 188 g/mol. The number of nitrogens with zero attached hydrogens (tertiary/aromatic N) is 3. The SMILES string of the molecule is CCn1cc(CNc2ccccn2)cn1. The third-order valence-electron chi connectivity index (χ3n) is 2.15. The third kappa shape index (κ3) is 2.56. The predicted octanol–water partition coefficient (Wildman–Crippen LogP) is 1.91. The summed E-state index contributed by atoms with van der Waals surface area (Å²) in [5, 5.41) is 7.44. The predicted molar refractivity (Wildman–Crippen MR) is 59.5 cm³/mol. The van der Waals surface area contributed by atoms with Gasteiger partial charge in [0.25, 0.3) is 0 Å². The molecule has 0 radical (unpaired) electrons. The van der Waals surface area contributed by atoms with E-state index in [1.165, 1.54) is 5.56 Å². The van der Waals surface area contributed by atoms with Gasteiger partial charge in [-0.05, 0) is 19.1 Å². The van der Waals surface area contributed by atoms with Gasteiger partial charge in [0.05, 0.1) is 6.20 Å². The Morgan fingerprint density at radius 3 is 3.00 bits per heavy atom. The molecule has 4 nitrogen and oxygen atoms in total. The molecular formula is C11H14N4. The van der Waals surface area contributed by atoms with E-state index < -0.39 is 0 Å². The van der Waals surface area contributed by atoms with Gasteiger partial charge in [-0.2, -0.15) is 5.10 Å². The third-order valence-corrected chi connectivity index (χ3v) is 2.15. The van der Waals surface area contributed by atoms with Crippen LogP contribution in [0.3, 0.4) is 0 Å². The Kier molecular flexibility index (Phi) is 2.97. The lowest BCUT2D eigenvalue weighted by atomic mass is 10.3. The molecule has 0 aliphatic heterocycles. The van der Waals surface area contributed by atoms with Crippen LogP contribution in [0.2, 0.25) is 0 Å². The molecule has 0 unspecified atom stereocenters. The molecule has 78 valence electrons. The van der Waals surface area contributed by atoms with Crippen LogP contribution in [0, 0.1) is 0 Å². The van der Waals surface area contributed by atoms with E-state index in [0.717, 1.165) is 18.9 Å². The largest absolute Gasteiger partial charge is 0.366 e. The molecule has 0 saturated carbocycles. The Balaban J connectivity index is 1.93. The van der Waals surface area contributed by atoms with Crippen molar-refractivity contribution in [1.29, 1.82) is 0 Å². The van der Waals surface area contributed by atoms with E-state index in [-0.39, 0.29) is 0 Å². The maximum atomic E-state index is 4.20. The summed E-state index contributed by atoms with van der Waals surface area (Å²) in [5.41, 5.74) is 1.17. The van der Waals surface area contributed by atoms with E-state index in [1.807, 2.05) is 35.3 Å². The summed E-state index contributed by atoms with van der Waals surface area (Å²) in [6.45, 7) is 3.74. The number of anilines is 1. The first-order valence-corrected chi connectivity index (χ1v) is 5.04. The molecule has 0 amide bonds. The van der Waals surface area contributed by atoms with Gasteiger partial charge in [0, 0.05) is 31.0 Å². The molecule has 0 aromatic carbocycles. The van der Waals surface area contributed by atoms with Crippen molar-refractivity contribution in [2.24, 2.45) is 0 Å². The number of hydrogen-bond acceptors (Lipinski definition) is 3. The van der Waals surface area contributed by atoms with Gasteiger partial charge in [-0.1, -0.05) is 6.07 Å². The minimum Gasteiger partial charge on any atom is -0.366 e. The molecule has 0 bridgehead atoms. The summed E-state index contributed by atoms with van der Waals surface area (Å²) in [5.74, 6) is 0.891. The smallest absolute Gasteiger partial charge is 0.126 e. The van der Waals surface area contributed by atoms with Crippen molar-refractivity contribution in [1.82, 2.24) is 14.8 Å². The van der Waals surface area contributed by atoms with Crippen LogP contribution in [0.15, 0.2) is 36.8 Å². The van der Waals surface area contributed by atoms with E-state index in [0.29, 0.717) is 0 Å². The zero-order valence-electron chi connectivity index (χ0n) is 8.72. The molecule has 0 aliphatic rings. The van der Waals surface area contributed by atoms with Crippen molar-refractivity contribution < 1.29 is 0 Å². The van der Waals surface area contributed by atoms with Gasteiger partial charge in [-0.25, -0.2) is 4.98 Å². The van der Waals surface area contributed by atoms with Crippen molar-refractivity contribution >= 4 is 5.82 Å². The first-order chi connectivity index (χ1) is 7.38. The van der Waals surface area contributed by atoms with Gasteiger partial charge in [0.2, 0.25) is 0 Å². The number of aromatic nitrogens is 3. The summed E-state index contributed by atoms with van der Waals surface area (Å²) >= 11 is 0. The Morgan fingerprint density at radius 2 is 2.33 bits per heavy atom. The van der Waals surface area contributed by atoms with Gasteiger partial charge >= 0.3 is 0 Å². The highest BCUT2D eigenvalue weighted by Gasteiger charge is 1.97. The molecule has 2 rings (SSSR count). The minimum atomic E-state index is 0.761. The highest BCUT2D eigenvalue weighted by atomic mass is 15.3. The molecule has 15 heavy (non-hydrogen) atoms. The Labute approximate surface area is 89.0 Å². The first-order valence-electron chi connectivity index (χ1n) is 5.04. The highest BCUT2D eigenvalue weighted by Crippen LogP contribution is 2.04. The molecule has 2 heterocycles. The van der Waals surface area contributed by atoms with Crippen LogP contribution in [-0.2, 0) is 13.1 Å². The molecule has 0 atom stereocenters. The van der Waals surface area contributed by atoms with Crippen molar-refractivity contribution in [3.63, 3.8) is 0 Å². The van der Waals surface area contributed by atoms with Gasteiger partial charge in [0.15, 0.2) is 0 Å². The lowest BCUT2D eigenvalue weighted by Crippen LogP contribution is -2.00. The number of pyridine rings is 1. The van der Waals surface area contributed by atoms with Gasteiger partial charge in [-0.15, -0.1) is 0 Å². The fourth-order valence-corrected chi connectivity index (χ4v) is 1.33. The van der Waals surface area contributed by atoms with Crippen LogP contribution in [0.1, 0.15) is 12.5 Å². The number of hydrogen-bond donors (Lipinski definition) is 1. The molecule has 0 saturated heterocycles. The highest BCUT2D eigenvalue weighted by molar-refractivity contribution is 5.33. The van der Waals surface area contributed by atoms with Gasteiger partial charge < -0.3 is 5.32 Å². The molecule has 1 N–H and O–H groups in total. The van der Waals surface area contributed by atoms with Gasteiger partial charge in [0.1, 0.15) is 5.82 Å². The molecule has 2 aromatic rings. The monoisotopic (exact) mass is 202 g/mol. The summed E-state index contributed by atoms with van der Waals surface area (Å²) in [7, 11) is 0. The van der Waals surface area contributed by atoms with E-state index in [9.17, 15) is 0 Å².